The fourth-order valence-electron chi connectivity index (χ4n) is 2.10. The minimum absolute atomic E-state index is 0.0820. The molecule has 3 aromatic rings. The average Bonchev–Trinajstić information content (AvgIpc) is 2.94. The summed E-state index contributed by atoms with van der Waals surface area (Å²) in [5.74, 6) is -0.953. The molecule has 0 saturated carbocycles. The third-order valence-electron chi connectivity index (χ3n) is 3.06. The first kappa shape index (κ1) is 13.9. The zero-order chi connectivity index (χ0) is 14.8. The van der Waals surface area contributed by atoms with Crippen LogP contribution in [0.15, 0.2) is 48.5 Å². The van der Waals surface area contributed by atoms with E-state index in [1.165, 1.54) is 12.1 Å². The first-order valence-corrected chi connectivity index (χ1v) is 7.34. The third kappa shape index (κ3) is 2.47. The van der Waals surface area contributed by atoms with E-state index in [2.05, 4.69) is 26.1 Å². The van der Waals surface area contributed by atoms with Crippen molar-refractivity contribution in [2.45, 2.75) is 5.33 Å². The Kier molecular flexibility index (Phi) is 3.79. The SMILES string of the molecule is Fc1cccc(-c2nnc(CBr)n2-c2ccccc2)c1F. The minimum atomic E-state index is -0.928. The number of hydrogen-bond donors (Lipinski definition) is 0. The van der Waals surface area contributed by atoms with Crippen LogP contribution in [0.2, 0.25) is 0 Å². The summed E-state index contributed by atoms with van der Waals surface area (Å²) in [6, 6.07) is 13.3. The van der Waals surface area contributed by atoms with Crippen molar-refractivity contribution in [2.24, 2.45) is 0 Å². The molecular weight excluding hydrogens is 340 g/mol. The van der Waals surface area contributed by atoms with Crippen molar-refractivity contribution >= 4 is 15.9 Å². The summed E-state index contributed by atoms with van der Waals surface area (Å²) >= 11 is 3.33. The smallest absolute Gasteiger partial charge is 0.171 e. The quantitative estimate of drug-likeness (QED) is 0.666. The number of alkyl halides is 1. The highest BCUT2D eigenvalue weighted by Crippen LogP contribution is 2.27. The van der Waals surface area contributed by atoms with Gasteiger partial charge in [0.15, 0.2) is 17.5 Å². The Hall–Kier alpha value is -2.08. The molecule has 0 fully saturated rings. The largest absolute Gasteiger partial charge is 0.278 e. The molecular formula is C15H10BrF2N3. The number of nitrogens with zero attached hydrogens (tertiary/aromatic N) is 3. The molecule has 6 heteroatoms. The standard InChI is InChI=1S/C15H10BrF2N3/c16-9-13-19-20-15(11-7-4-8-12(17)14(11)18)21(13)10-5-2-1-3-6-10/h1-8H,9H2. The summed E-state index contributed by atoms with van der Waals surface area (Å²) in [7, 11) is 0. The van der Waals surface area contributed by atoms with Crippen molar-refractivity contribution in [3.8, 4) is 17.1 Å². The topological polar surface area (TPSA) is 30.7 Å². The van der Waals surface area contributed by atoms with E-state index >= 15 is 0 Å². The molecule has 1 aromatic heterocycles. The van der Waals surface area contributed by atoms with Crippen LogP contribution in [0.3, 0.4) is 0 Å². The average molecular weight is 350 g/mol. The van der Waals surface area contributed by atoms with Crippen LogP contribution in [0.4, 0.5) is 8.78 Å². The molecule has 106 valence electrons. The van der Waals surface area contributed by atoms with Crippen LogP contribution in [0.25, 0.3) is 17.1 Å². The van der Waals surface area contributed by atoms with E-state index < -0.39 is 11.6 Å². The molecule has 0 bridgehead atoms. The summed E-state index contributed by atoms with van der Waals surface area (Å²) in [5, 5.41) is 8.50. The maximum Gasteiger partial charge on any atom is 0.171 e. The van der Waals surface area contributed by atoms with E-state index in [-0.39, 0.29) is 11.4 Å². The van der Waals surface area contributed by atoms with Crippen molar-refractivity contribution in [1.82, 2.24) is 14.8 Å². The molecule has 1 heterocycles. The highest BCUT2D eigenvalue weighted by molar-refractivity contribution is 9.08. The van der Waals surface area contributed by atoms with Gasteiger partial charge in [-0.3, -0.25) is 4.57 Å². The molecule has 21 heavy (non-hydrogen) atoms. The van der Waals surface area contributed by atoms with E-state index in [9.17, 15) is 8.78 Å². The van der Waals surface area contributed by atoms with Crippen LogP contribution in [-0.2, 0) is 5.33 Å². The van der Waals surface area contributed by atoms with Crippen LogP contribution >= 0.6 is 15.9 Å². The highest BCUT2D eigenvalue weighted by atomic mass is 79.9. The Bertz CT molecular complexity index is 772. The molecule has 3 rings (SSSR count). The Labute approximate surface area is 128 Å². The van der Waals surface area contributed by atoms with E-state index in [0.29, 0.717) is 11.2 Å². The Morgan fingerprint density at radius 2 is 1.71 bits per heavy atom. The third-order valence-corrected chi connectivity index (χ3v) is 3.56. The van der Waals surface area contributed by atoms with Gasteiger partial charge in [0.1, 0.15) is 5.82 Å². The highest BCUT2D eigenvalue weighted by Gasteiger charge is 2.19. The van der Waals surface area contributed by atoms with Crippen molar-refractivity contribution in [3.63, 3.8) is 0 Å². The van der Waals surface area contributed by atoms with Crippen LogP contribution in [0, 0.1) is 11.6 Å². The van der Waals surface area contributed by atoms with E-state index in [1.54, 1.807) is 4.57 Å². The molecule has 0 N–H and O–H groups in total. The van der Waals surface area contributed by atoms with Crippen molar-refractivity contribution in [3.05, 3.63) is 66.0 Å². The van der Waals surface area contributed by atoms with Gasteiger partial charge in [-0.25, -0.2) is 8.78 Å². The summed E-state index contributed by atoms with van der Waals surface area (Å²) in [6.45, 7) is 0. The first-order chi connectivity index (χ1) is 10.2. The zero-order valence-corrected chi connectivity index (χ0v) is 12.4. The Morgan fingerprint density at radius 1 is 0.952 bits per heavy atom. The van der Waals surface area contributed by atoms with Crippen LogP contribution < -0.4 is 0 Å². The minimum Gasteiger partial charge on any atom is -0.278 e. The van der Waals surface area contributed by atoms with Gasteiger partial charge in [0.05, 0.1) is 10.9 Å². The number of para-hydroxylation sites is 1. The van der Waals surface area contributed by atoms with Gasteiger partial charge >= 0.3 is 0 Å². The van der Waals surface area contributed by atoms with Gasteiger partial charge in [0.2, 0.25) is 0 Å². The number of hydrogen-bond acceptors (Lipinski definition) is 2. The second kappa shape index (κ2) is 5.73. The van der Waals surface area contributed by atoms with Crippen molar-refractivity contribution in [2.75, 3.05) is 0 Å². The molecule has 3 nitrogen and oxygen atoms in total. The molecule has 0 radical (unpaired) electrons. The normalized spacial score (nSPS) is 10.8. The maximum atomic E-state index is 14.0. The maximum absolute atomic E-state index is 14.0. The van der Waals surface area contributed by atoms with Gasteiger partial charge < -0.3 is 0 Å². The lowest BCUT2D eigenvalue weighted by molar-refractivity contribution is 0.510. The second-order valence-corrected chi connectivity index (χ2v) is 4.91. The predicted octanol–water partition coefficient (Wildman–Crippen LogP) is 4.11. The molecule has 0 atom stereocenters. The van der Waals surface area contributed by atoms with Gasteiger partial charge in [-0.05, 0) is 24.3 Å². The molecule has 0 amide bonds. The monoisotopic (exact) mass is 349 g/mol. The van der Waals surface area contributed by atoms with Crippen molar-refractivity contribution in [1.29, 1.82) is 0 Å². The predicted molar refractivity (Wildman–Crippen MR) is 79.3 cm³/mol. The summed E-state index contributed by atoms with van der Waals surface area (Å²) < 4.78 is 29.2. The lowest BCUT2D eigenvalue weighted by Gasteiger charge is -2.10. The first-order valence-electron chi connectivity index (χ1n) is 6.22. The lowest BCUT2D eigenvalue weighted by atomic mass is 10.2. The van der Waals surface area contributed by atoms with Gasteiger partial charge in [-0.2, -0.15) is 0 Å². The molecule has 0 aliphatic heterocycles. The number of rotatable bonds is 3. The Balaban J connectivity index is 2.25. The fraction of sp³-hybridized carbons (Fsp3) is 0.0667. The van der Waals surface area contributed by atoms with Crippen molar-refractivity contribution < 1.29 is 8.78 Å². The number of halogens is 3. The lowest BCUT2D eigenvalue weighted by Crippen LogP contribution is -2.03. The summed E-state index contributed by atoms with van der Waals surface area (Å²) in [6.07, 6.45) is 0. The number of aromatic nitrogens is 3. The summed E-state index contributed by atoms with van der Waals surface area (Å²) in [5.41, 5.74) is 0.870. The van der Waals surface area contributed by atoms with E-state index in [0.717, 1.165) is 11.8 Å². The Morgan fingerprint density at radius 3 is 2.43 bits per heavy atom. The summed E-state index contributed by atoms with van der Waals surface area (Å²) in [4.78, 5) is 0. The molecule has 0 spiro atoms. The van der Waals surface area contributed by atoms with Gasteiger partial charge in [-0.15, -0.1) is 10.2 Å². The van der Waals surface area contributed by atoms with E-state index in [4.69, 9.17) is 0 Å². The zero-order valence-electron chi connectivity index (χ0n) is 10.8. The second-order valence-electron chi connectivity index (χ2n) is 4.35. The molecule has 0 aliphatic carbocycles. The van der Waals surface area contributed by atoms with Gasteiger partial charge in [0, 0.05) is 5.69 Å². The molecule has 0 aliphatic rings. The fourth-order valence-corrected chi connectivity index (χ4v) is 2.47. The van der Waals surface area contributed by atoms with E-state index in [1.807, 2.05) is 30.3 Å². The molecule has 0 saturated heterocycles. The van der Waals surface area contributed by atoms with Crippen LogP contribution in [0.5, 0.6) is 0 Å². The number of benzene rings is 2. The van der Waals surface area contributed by atoms with Gasteiger partial charge in [0.25, 0.3) is 0 Å². The molecule has 2 aromatic carbocycles. The van der Waals surface area contributed by atoms with Crippen LogP contribution in [0.1, 0.15) is 5.82 Å². The van der Waals surface area contributed by atoms with Crippen LogP contribution in [-0.4, -0.2) is 14.8 Å². The molecule has 0 unspecified atom stereocenters. The van der Waals surface area contributed by atoms with Gasteiger partial charge in [-0.1, -0.05) is 40.2 Å².